The fourth-order valence-corrected chi connectivity index (χ4v) is 1.76. The van der Waals surface area contributed by atoms with Crippen LogP contribution in [0.2, 0.25) is 0 Å². The van der Waals surface area contributed by atoms with Gasteiger partial charge >= 0.3 is 0 Å². The molecule has 0 N–H and O–H groups in total. The molecule has 0 saturated heterocycles. The number of aromatic nitrogens is 2. The summed E-state index contributed by atoms with van der Waals surface area (Å²) < 4.78 is 2.09. The van der Waals surface area contributed by atoms with Gasteiger partial charge in [0.2, 0.25) is 0 Å². The van der Waals surface area contributed by atoms with E-state index in [1.807, 2.05) is 0 Å². The van der Waals surface area contributed by atoms with E-state index in [2.05, 4.69) is 60.0 Å². The molecule has 0 spiro atoms. The Morgan fingerprint density at radius 2 is 2.00 bits per heavy atom. The van der Waals surface area contributed by atoms with Gasteiger partial charge in [-0.05, 0) is 27.1 Å². The van der Waals surface area contributed by atoms with E-state index in [9.17, 15) is 0 Å². The standard InChI is InChI=1S/C12H17N3/c1-10-11-6-4-5-7-12(11)15(13-10)9-8-14(2)3/h4-7H,8-9H2,1-3H3. The number of rotatable bonds is 3. The summed E-state index contributed by atoms with van der Waals surface area (Å²) >= 11 is 0. The molecule has 0 aliphatic carbocycles. The van der Waals surface area contributed by atoms with Gasteiger partial charge < -0.3 is 4.90 Å². The van der Waals surface area contributed by atoms with Gasteiger partial charge in [0, 0.05) is 11.9 Å². The summed E-state index contributed by atoms with van der Waals surface area (Å²) in [6.07, 6.45) is 0. The summed E-state index contributed by atoms with van der Waals surface area (Å²) in [5, 5.41) is 5.81. The van der Waals surface area contributed by atoms with Gasteiger partial charge in [-0.1, -0.05) is 18.2 Å². The van der Waals surface area contributed by atoms with Crippen molar-refractivity contribution in [3.63, 3.8) is 0 Å². The third-order valence-electron chi connectivity index (χ3n) is 2.60. The normalized spacial score (nSPS) is 11.5. The van der Waals surface area contributed by atoms with Gasteiger partial charge in [-0.2, -0.15) is 5.10 Å². The third-order valence-corrected chi connectivity index (χ3v) is 2.60. The molecule has 1 aromatic heterocycles. The van der Waals surface area contributed by atoms with Crippen molar-refractivity contribution in [2.75, 3.05) is 20.6 Å². The van der Waals surface area contributed by atoms with Crippen LogP contribution >= 0.6 is 0 Å². The summed E-state index contributed by atoms with van der Waals surface area (Å²) in [4.78, 5) is 2.17. The fourth-order valence-electron chi connectivity index (χ4n) is 1.76. The quantitative estimate of drug-likeness (QED) is 0.759. The largest absolute Gasteiger partial charge is 0.308 e. The summed E-state index contributed by atoms with van der Waals surface area (Å²) in [5.74, 6) is 0. The Morgan fingerprint density at radius 3 is 2.73 bits per heavy atom. The first kappa shape index (κ1) is 10.2. The molecule has 0 amide bonds. The lowest BCUT2D eigenvalue weighted by Gasteiger charge is -2.09. The Labute approximate surface area is 90.3 Å². The van der Waals surface area contributed by atoms with E-state index in [-0.39, 0.29) is 0 Å². The number of para-hydroxylation sites is 1. The molecule has 1 aromatic carbocycles. The lowest BCUT2D eigenvalue weighted by atomic mass is 10.2. The summed E-state index contributed by atoms with van der Waals surface area (Å²) in [6, 6.07) is 8.39. The molecule has 0 saturated carbocycles. The number of hydrogen-bond acceptors (Lipinski definition) is 2. The zero-order chi connectivity index (χ0) is 10.8. The second kappa shape index (κ2) is 4.03. The molecule has 3 nitrogen and oxygen atoms in total. The Kier molecular flexibility index (Phi) is 2.73. The highest BCUT2D eigenvalue weighted by molar-refractivity contribution is 5.81. The zero-order valence-electron chi connectivity index (χ0n) is 9.57. The molecule has 15 heavy (non-hydrogen) atoms. The average Bonchev–Trinajstić information content (AvgIpc) is 2.54. The number of likely N-dealkylation sites (N-methyl/N-ethyl adjacent to an activating group) is 1. The van der Waals surface area contributed by atoms with Gasteiger partial charge in [0.15, 0.2) is 0 Å². The van der Waals surface area contributed by atoms with E-state index in [1.54, 1.807) is 0 Å². The third kappa shape index (κ3) is 2.02. The van der Waals surface area contributed by atoms with Gasteiger partial charge in [0.05, 0.1) is 17.8 Å². The first-order chi connectivity index (χ1) is 7.18. The van der Waals surface area contributed by atoms with E-state index in [0.717, 1.165) is 18.8 Å². The molecular formula is C12H17N3. The maximum atomic E-state index is 4.55. The molecule has 0 aliphatic heterocycles. The van der Waals surface area contributed by atoms with Crippen LogP contribution in [0.3, 0.4) is 0 Å². The second-order valence-corrected chi connectivity index (χ2v) is 4.13. The van der Waals surface area contributed by atoms with Crippen molar-refractivity contribution >= 4 is 10.9 Å². The van der Waals surface area contributed by atoms with Crippen LogP contribution in [0.1, 0.15) is 5.69 Å². The van der Waals surface area contributed by atoms with E-state index in [0.29, 0.717) is 0 Å². The van der Waals surface area contributed by atoms with E-state index in [4.69, 9.17) is 0 Å². The van der Waals surface area contributed by atoms with E-state index < -0.39 is 0 Å². The minimum Gasteiger partial charge on any atom is -0.308 e. The maximum absolute atomic E-state index is 4.55. The molecule has 0 atom stereocenters. The van der Waals surface area contributed by atoms with Crippen molar-refractivity contribution in [1.82, 2.24) is 14.7 Å². The first-order valence-electron chi connectivity index (χ1n) is 5.25. The van der Waals surface area contributed by atoms with Crippen LogP contribution in [0.25, 0.3) is 10.9 Å². The Bertz CT molecular complexity index is 457. The highest BCUT2D eigenvalue weighted by Gasteiger charge is 2.05. The maximum Gasteiger partial charge on any atom is 0.0685 e. The predicted molar refractivity (Wildman–Crippen MR) is 63.0 cm³/mol. The Morgan fingerprint density at radius 1 is 1.27 bits per heavy atom. The molecule has 0 fully saturated rings. The van der Waals surface area contributed by atoms with E-state index >= 15 is 0 Å². The van der Waals surface area contributed by atoms with Crippen LogP contribution in [0.4, 0.5) is 0 Å². The molecule has 0 aliphatic rings. The zero-order valence-corrected chi connectivity index (χ0v) is 9.57. The van der Waals surface area contributed by atoms with Gasteiger partial charge in [-0.3, -0.25) is 4.68 Å². The van der Waals surface area contributed by atoms with Crippen LogP contribution in [0.5, 0.6) is 0 Å². The number of nitrogens with zero attached hydrogens (tertiary/aromatic N) is 3. The van der Waals surface area contributed by atoms with E-state index in [1.165, 1.54) is 10.9 Å². The molecule has 2 aromatic rings. The SMILES string of the molecule is Cc1nn(CCN(C)C)c2ccccc12. The molecule has 80 valence electrons. The molecule has 1 heterocycles. The van der Waals surface area contributed by atoms with Crippen LogP contribution in [0.15, 0.2) is 24.3 Å². The smallest absolute Gasteiger partial charge is 0.0685 e. The molecule has 0 unspecified atom stereocenters. The highest BCUT2D eigenvalue weighted by Crippen LogP contribution is 2.16. The average molecular weight is 203 g/mol. The number of fused-ring (bicyclic) bond motifs is 1. The van der Waals surface area contributed by atoms with Crippen molar-refractivity contribution in [3.05, 3.63) is 30.0 Å². The highest BCUT2D eigenvalue weighted by atomic mass is 15.3. The molecule has 3 heteroatoms. The lowest BCUT2D eigenvalue weighted by Crippen LogP contribution is -2.18. The summed E-state index contributed by atoms with van der Waals surface area (Å²) in [6.45, 7) is 4.03. The van der Waals surface area contributed by atoms with Crippen LogP contribution < -0.4 is 0 Å². The van der Waals surface area contributed by atoms with Gasteiger partial charge in [0.1, 0.15) is 0 Å². The topological polar surface area (TPSA) is 21.1 Å². The van der Waals surface area contributed by atoms with Crippen LogP contribution in [-0.4, -0.2) is 35.3 Å². The minimum atomic E-state index is 0.946. The molecule has 0 bridgehead atoms. The van der Waals surface area contributed by atoms with Gasteiger partial charge in [0.25, 0.3) is 0 Å². The van der Waals surface area contributed by atoms with Crippen molar-refractivity contribution in [2.45, 2.75) is 13.5 Å². The summed E-state index contributed by atoms with van der Waals surface area (Å²) in [5.41, 5.74) is 2.35. The van der Waals surface area contributed by atoms with Crippen molar-refractivity contribution < 1.29 is 0 Å². The molecular weight excluding hydrogens is 186 g/mol. The Balaban J connectivity index is 2.35. The Hall–Kier alpha value is -1.35. The van der Waals surface area contributed by atoms with Crippen LogP contribution in [-0.2, 0) is 6.54 Å². The lowest BCUT2D eigenvalue weighted by molar-refractivity contribution is 0.376. The van der Waals surface area contributed by atoms with Gasteiger partial charge in [-0.15, -0.1) is 0 Å². The summed E-state index contributed by atoms with van der Waals surface area (Å²) in [7, 11) is 4.16. The minimum absolute atomic E-state index is 0.946. The monoisotopic (exact) mass is 203 g/mol. The number of benzene rings is 1. The molecule has 2 rings (SSSR count). The second-order valence-electron chi connectivity index (χ2n) is 4.13. The molecule has 0 radical (unpaired) electrons. The van der Waals surface area contributed by atoms with Crippen LogP contribution in [0, 0.1) is 6.92 Å². The van der Waals surface area contributed by atoms with Crippen molar-refractivity contribution in [2.24, 2.45) is 0 Å². The van der Waals surface area contributed by atoms with Crippen molar-refractivity contribution in [1.29, 1.82) is 0 Å². The van der Waals surface area contributed by atoms with Gasteiger partial charge in [-0.25, -0.2) is 0 Å². The number of aryl methyl sites for hydroxylation is 1. The van der Waals surface area contributed by atoms with Crippen molar-refractivity contribution in [3.8, 4) is 0 Å². The predicted octanol–water partition coefficient (Wildman–Crippen LogP) is 1.91. The first-order valence-corrected chi connectivity index (χ1v) is 5.25. The fraction of sp³-hybridized carbons (Fsp3) is 0.417. The number of hydrogen-bond donors (Lipinski definition) is 0.